The summed E-state index contributed by atoms with van der Waals surface area (Å²) in [6.45, 7) is 1.75. The van der Waals surface area contributed by atoms with E-state index in [1.807, 2.05) is 12.1 Å². The van der Waals surface area contributed by atoms with Crippen molar-refractivity contribution in [1.82, 2.24) is 5.32 Å². The summed E-state index contributed by atoms with van der Waals surface area (Å²) in [5, 5.41) is 1.67. The van der Waals surface area contributed by atoms with Crippen molar-refractivity contribution in [2.45, 2.75) is 56.9 Å². The smallest absolute Gasteiger partial charge is 0.238 e. The van der Waals surface area contributed by atoms with Gasteiger partial charge in [-0.1, -0.05) is 31.4 Å². The third-order valence-electron chi connectivity index (χ3n) is 4.94. The predicted molar refractivity (Wildman–Crippen MR) is 97.9 cm³/mol. The monoisotopic (exact) mass is 352 g/mol. The van der Waals surface area contributed by atoms with Gasteiger partial charge in [0.2, 0.25) is 5.91 Å². The molecule has 24 heavy (non-hydrogen) atoms. The Hall–Kier alpha value is -1.56. The highest BCUT2D eigenvalue weighted by atomic mass is 32.2. The topological polar surface area (TPSA) is 66.5 Å². The van der Waals surface area contributed by atoms with Crippen LogP contribution < -0.4 is 10.2 Å². The molecule has 1 saturated carbocycles. The Balaban J connectivity index is 1.91. The molecule has 0 aliphatic heterocycles. The van der Waals surface area contributed by atoms with Crippen LogP contribution >= 0.6 is 0 Å². The minimum atomic E-state index is -3.36. The maximum absolute atomic E-state index is 11.8. The molecule has 0 spiro atoms. The zero-order chi connectivity index (χ0) is 17.7. The van der Waals surface area contributed by atoms with Gasteiger partial charge in [-0.05, 0) is 37.5 Å². The van der Waals surface area contributed by atoms with Gasteiger partial charge in [-0.25, -0.2) is 8.42 Å². The van der Waals surface area contributed by atoms with Gasteiger partial charge in [-0.3, -0.25) is 4.79 Å². The average Bonchev–Trinajstić information content (AvgIpc) is 2.58. The van der Waals surface area contributed by atoms with E-state index in [-0.39, 0.29) is 0 Å². The number of carbonyl (C=O) groups excluding carboxylic acids is 1. The molecule has 1 atom stereocenters. The lowest BCUT2D eigenvalue weighted by molar-refractivity contribution is -0.120. The fourth-order valence-electron chi connectivity index (χ4n) is 3.06. The Morgan fingerprint density at radius 1 is 1.21 bits per heavy atom. The van der Waals surface area contributed by atoms with E-state index in [0.717, 1.165) is 11.8 Å². The van der Waals surface area contributed by atoms with Crippen molar-refractivity contribution in [1.29, 1.82) is 0 Å². The quantitative estimate of drug-likeness (QED) is 0.854. The number of anilines is 1. The van der Waals surface area contributed by atoms with E-state index in [9.17, 15) is 13.2 Å². The highest BCUT2D eigenvalue weighted by Gasteiger charge is 2.23. The standard InChI is InChI=1S/C18H28N2O3S/c1-14(24(3,22)23)18(21)19-13-15-9-11-17(12-10-15)20(2)16-7-5-4-6-8-16/h9-12,14,16H,4-8,13H2,1-3H3,(H,19,21). The zero-order valence-electron chi connectivity index (χ0n) is 14.8. The first-order valence-corrected chi connectivity index (χ1v) is 10.5. The SMILES string of the molecule is CC(C(=O)NCc1ccc(N(C)C2CCCCC2)cc1)S(C)(=O)=O. The van der Waals surface area contributed by atoms with Gasteiger partial charge in [-0.15, -0.1) is 0 Å². The second kappa shape index (κ2) is 8.01. The summed E-state index contributed by atoms with van der Waals surface area (Å²) in [5.74, 6) is -0.457. The second-order valence-electron chi connectivity index (χ2n) is 6.76. The molecule has 1 fully saturated rings. The molecule has 1 amide bonds. The largest absolute Gasteiger partial charge is 0.372 e. The Bertz CT molecular complexity index is 649. The van der Waals surface area contributed by atoms with E-state index in [0.29, 0.717) is 12.6 Å². The average molecular weight is 352 g/mol. The van der Waals surface area contributed by atoms with Crippen LogP contribution in [0, 0.1) is 0 Å². The lowest BCUT2D eigenvalue weighted by Crippen LogP contribution is -2.37. The molecule has 1 N–H and O–H groups in total. The molecule has 0 radical (unpaired) electrons. The van der Waals surface area contributed by atoms with E-state index in [1.165, 1.54) is 44.7 Å². The molecule has 2 rings (SSSR count). The van der Waals surface area contributed by atoms with Crippen LogP contribution in [-0.4, -0.2) is 38.9 Å². The summed E-state index contributed by atoms with van der Waals surface area (Å²) >= 11 is 0. The molecule has 0 saturated heterocycles. The summed E-state index contributed by atoms with van der Waals surface area (Å²) in [7, 11) is -1.22. The van der Waals surface area contributed by atoms with E-state index in [2.05, 4.69) is 29.4 Å². The van der Waals surface area contributed by atoms with Crippen molar-refractivity contribution in [3.63, 3.8) is 0 Å². The van der Waals surface area contributed by atoms with Gasteiger partial charge in [0.05, 0.1) is 0 Å². The molecule has 1 unspecified atom stereocenters. The molecule has 6 heteroatoms. The van der Waals surface area contributed by atoms with Gasteiger partial charge in [0.1, 0.15) is 5.25 Å². The van der Waals surface area contributed by atoms with Gasteiger partial charge in [-0.2, -0.15) is 0 Å². The summed E-state index contributed by atoms with van der Waals surface area (Å²) in [4.78, 5) is 14.2. The van der Waals surface area contributed by atoms with Crippen molar-refractivity contribution in [3.05, 3.63) is 29.8 Å². The van der Waals surface area contributed by atoms with Crippen molar-refractivity contribution in [2.75, 3.05) is 18.2 Å². The minimum absolute atomic E-state index is 0.339. The number of hydrogen-bond acceptors (Lipinski definition) is 4. The Morgan fingerprint density at radius 2 is 1.79 bits per heavy atom. The highest BCUT2D eigenvalue weighted by Crippen LogP contribution is 2.26. The van der Waals surface area contributed by atoms with Crippen molar-refractivity contribution in [2.24, 2.45) is 0 Å². The van der Waals surface area contributed by atoms with E-state index in [4.69, 9.17) is 0 Å². The maximum Gasteiger partial charge on any atom is 0.238 e. The maximum atomic E-state index is 11.8. The summed E-state index contributed by atoms with van der Waals surface area (Å²) in [6, 6.07) is 8.71. The van der Waals surface area contributed by atoms with Crippen LogP contribution in [0.5, 0.6) is 0 Å². The number of amides is 1. The molecule has 0 aromatic heterocycles. The molecule has 5 nitrogen and oxygen atoms in total. The molecule has 1 aliphatic carbocycles. The van der Waals surface area contributed by atoms with Crippen molar-refractivity contribution < 1.29 is 13.2 Å². The van der Waals surface area contributed by atoms with Crippen molar-refractivity contribution >= 4 is 21.4 Å². The Kier molecular flexibility index (Phi) is 6.27. The van der Waals surface area contributed by atoms with Crippen LogP contribution in [0.25, 0.3) is 0 Å². The van der Waals surface area contributed by atoms with Crippen LogP contribution in [0.1, 0.15) is 44.6 Å². The number of rotatable bonds is 6. The predicted octanol–water partition coefficient (Wildman–Crippen LogP) is 2.50. The minimum Gasteiger partial charge on any atom is -0.372 e. The molecule has 1 aliphatic rings. The van der Waals surface area contributed by atoms with Crippen LogP contribution in [0.3, 0.4) is 0 Å². The summed E-state index contributed by atoms with van der Waals surface area (Å²) < 4.78 is 22.8. The number of benzene rings is 1. The van der Waals surface area contributed by atoms with E-state index < -0.39 is 21.0 Å². The van der Waals surface area contributed by atoms with E-state index >= 15 is 0 Å². The van der Waals surface area contributed by atoms with Gasteiger partial charge < -0.3 is 10.2 Å². The van der Waals surface area contributed by atoms with Gasteiger partial charge in [0.15, 0.2) is 9.84 Å². The molecule has 1 aromatic carbocycles. The summed E-state index contributed by atoms with van der Waals surface area (Å²) in [6.07, 6.45) is 7.52. The van der Waals surface area contributed by atoms with Gasteiger partial charge in [0.25, 0.3) is 0 Å². The fraction of sp³-hybridized carbons (Fsp3) is 0.611. The molecule has 1 aromatic rings. The third kappa shape index (κ3) is 4.97. The first-order valence-electron chi connectivity index (χ1n) is 8.57. The lowest BCUT2D eigenvalue weighted by atomic mass is 9.94. The number of sulfone groups is 1. The van der Waals surface area contributed by atoms with E-state index in [1.54, 1.807) is 0 Å². The van der Waals surface area contributed by atoms with Gasteiger partial charge >= 0.3 is 0 Å². The fourth-order valence-corrected chi connectivity index (χ4v) is 3.53. The van der Waals surface area contributed by atoms with Crippen LogP contribution in [0.15, 0.2) is 24.3 Å². The molecule has 0 heterocycles. The highest BCUT2D eigenvalue weighted by molar-refractivity contribution is 7.92. The molecule has 134 valence electrons. The normalized spacial score (nSPS) is 17.3. The number of nitrogens with one attached hydrogen (secondary N) is 1. The third-order valence-corrected chi connectivity index (χ3v) is 6.44. The number of carbonyl (C=O) groups is 1. The first kappa shape index (κ1) is 18.8. The lowest BCUT2D eigenvalue weighted by Gasteiger charge is -2.33. The summed E-state index contributed by atoms with van der Waals surface area (Å²) in [5.41, 5.74) is 2.14. The van der Waals surface area contributed by atoms with Crippen LogP contribution in [0.4, 0.5) is 5.69 Å². The molecular formula is C18H28N2O3S. The second-order valence-corrected chi connectivity index (χ2v) is 9.12. The number of nitrogens with zero attached hydrogens (tertiary/aromatic N) is 1. The zero-order valence-corrected chi connectivity index (χ0v) is 15.6. The Morgan fingerprint density at radius 3 is 2.33 bits per heavy atom. The number of hydrogen-bond donors (Lipinski definition) is 1. The van der Waals surface area contributed by atoms with Crippen molar-refractivity contribution in [3.8, 4) is 0 Å². The van der Waals surface area contributed by atoms with Crippen LogP contribution in [-0.2, 0) is 21.2 Å². The van der Waals surface area contributed by atoms with Crippen LogP contribution in [0.2, 0.25) is 0 Å². The first-order chi connectivity index (χ1) is 11.3. The van der Waals surface area contributed by atoms with Gasteiger partial charge in [0, 0.05) is 31.6 Å². The molecule has 0 bridgehead atoms. The Labute approximate surface area is 145 Å². The molecular weight excluding hydrogens is 324 g/mol.